The molecule has 0 fully saturated rings. The van der Waals surface area contributed by atoms with Crippen LogP contribution in [0, 0.1) is 0 Å². The summed E-state index contributed by atoms with van der Waals surface area (Å²) < 4.78 is 35.2. The standard InChI is InChI=1S/C10H16F3NO3/c11-10(12,13)6-1-2-7-14-8(15)4-3-5-9(16)17/h1-7H2,(H,14,15)(H,16,17). The molecule has 0 aliphatic heterocycles. The van der Waals surface area contributed by atoms with E-state index in [1.807, 2.05) is 0 Å². The molecule has 0 aromatic heterocycles. The van der Waals surface area contributed by atoms with Crippen molar-refractivity contribution in [3.05, 3.63) is 0 Å². The second-order valence-electron chi connectivity index (χ2n) is 3.67. The number of nitrogens with one attached hydrogen (secondary N) is 1. The van der Waals surface area contributed by atoms with Gasteiger partial charge in [-0.3, -0.25) is 9.59 Å². The molecule has 2 N–H and O–H groups in total. The number of aliphatic carboxylic acids is 1. The van der Waals surface area contributed by atoms with Crippen molar-refractivity contribution in [3.63, 3.8) is 0 Å². The Morgan fingerprint density at radius 3 is 2.24 bits per heavy atom. The first-order valence-electron chi connectivity index (χ1n) is 5.36. The number of carboxylic acid groups (broad SMARTS) is 1. The van der Waals surface area contributed by atoms with Crippen LogP contribution in [0.4, 0.5) is 13.2 Å². The molecule has 0 aromatic rings. The molecule has 100 valence electrons. The third-order valence-corrected chi connectivity index (χ3v) is 2.00. The Bertz CT molecular complexity index is 254. The largest absolute Gasteiger partial charge is 0.481 e. The Kier molecular flexibility index (Phi) is 7.32. The predicted octanol–water partition coefficient (Wildman–Crippen LogP) is 2.09. The van der Waals surface area contributed by atoms with Crippen molar-refractivity contribution in [2.24, 2.45) is 0 Å². The van der Waals surface area contributed by atoms with E-state index in [2.05, 4.69) is 5.32 Å². The van der Waals surface area contributed by atoms with Crippen LogP contribution in [0.2, 0.25) is 0 Å². The summed E-state index contributed by atoms with van der Waals surface area (Å²) in [6, 6.07) is 0. The molecule has 0 saturated carbocycles. The minimum absolute atomic E-state index is 0.0150. The summed E-state index contributed by atoms with van der Waals surface area (Å²) in [6.45, 7) is 0.196. The summed E-state index contributed by atoms with van der Waals surface area (Å²) in [5.41, 5.74) is 0. The van der Waals surface area contributed by atoms with Gasteiger partial charge in [0, 0.05) is 25.8 Å². The number of amides is 1. The molecule has 0 saturated heterocycles. The monoisotopic (exact) mass is 255 g/mol. The summed E-state index contributed by atoms with van der Waals surface area (Å²) in [5.74, 6) is -1.29. The molecular formula is C10H16F3NO3. The third kappa shape index (κ3) is 12.7. The van der Waals surface area contributed by atoms with Crippen molar-refractivity contribution in [3.8, 4) is 0 Å². The predicted molar refractivity (Wildman–Crippen MR) is 54.4 cm³/mol. The number of carbonyl (C=O) groups is 2. The van der Waals surface area contributed by atoms with Crippen LogP contribution in [0.1, 0.15) is 38.5 Å². The van der Waals surface area contributed by atoms with Crippen molar-refractivity contribution < 1.29 is 27.9 Å². The topological polar surface area (TPSA) is 66.4 Å². The molecule has 0 aliphatic rings. The second-order valence-corrected chi connectivity index (χ2v) is 3.67. The number of unbranched alkanes of at least 4 members (excludes halogenated alkanes) is 1. The second kappa shape index (κ2) is 7.92. The maximum atomic E-state index is 11.7. The van der Waals surface area contributed by atoms with Crippen molar-refractivity contribution in [2.75, 3.05) is 6.54 Å². The number of hydrogen-bond donors (Lipinski definition) is 2. The van der Waals surface area contributed by atoms with Crippen LogP contribution < -0.4 is 5.32 Å². The fraction of sp³-hybridized carbons (Fsp3) is 0.800. The zero-order chi connectivity index (χ0) is 13.3. The van der Waals surface area contributed by atoms with E-state index in [9.17, 15) is 22.8 Å². The first-order chi connectivity index (χ1) is 7.81. The molecule has 0 aliphatic carbocycles. The average molecular weight is 255 g/mol. The number of alkyl halides is 3. The van der Waals surface area contributed by atoms with Gasteiger partial charge in [0.25, 0.3) is 0 Å². The van der Waals surface area contributed by atoms with Gasteiger partial charge in [0.1, 0.15) is 0 Å². The Morgan fingerprint density at radius 1 is 1.06 bits per heavy atom. The molecule has 0 bridgehead atoms. The van der Waals surface area contributed by atoms with Crippen molar-refractivity contribution in [1.29, 1.82) is 0 Å². The lowest BCUT2D eigenvalue weighted by Gasteiger charge is -2.06. The fourth-order valence-corrected chi connectivity index (χ4v) is 1.17. The highest BCUT2D eigenvalue weighted by Crippen LogP contribution is 2.21. The van der Waals surface area contributed by atoms with Crippen LogP contribution >= 0.6 is 0 Å². The summed E-state index contributed by atoms with van der Waals surface area (Å²) in [5, 5.41) is 10.8. The highest BCUT2D eigenvalue weighted by atomic mass is 19.4. The molecule has 0 rings (SSSR count). The minimum Gasteiger partial charge on any atom is -0.481 e. The Labute approximate surface area is 97.2 Å². The van der Waals surface area contributed by atoms with Gasteiger partial charge in [0.05, 0.1) is 0 Å². The van der Waals surface area contributed by atoms with E-state index in [0.29, 0.717) is 0 Å². The maximum absolute atomic E-state index is 11.7. The van der Waals surface area contributed by atoms with Gasteiger partial charge in [-0.25, -0.2) is 0 Å². The van der Waals surface area contributed by atoms with Gasteiger partial charge in [-0.2, -0.15) is 13.2 Å². The molecular weight excluding hydrogens is 239 g/mol. The van der Waals surface area contributed by atoms with Gasteiger partial charge >= 0.3 is 12.1 Å². The molecule has 4 nitrogen and oxygen atoms in total. The minimum atomic E-state index is -4.15. The number of carboxylic acids is 1. The van der Waals surface area contributed by atoms with E-state index < -0.39 is 18.6 Å². The highest BCUT2D eigenvalue weighted by Gasteiger charge is 2.25. The van der Waals surface area contributed by atoms with Gasteiger partial charge in [-0.15, -0.1) is 0 Å². The lowest BCUT2D eigenvalue weighted by molar-refractivity contribution is -0.137. The Morgan fingerprint density at radius 2 is 1.71 bits per heavy atom. The smallest absolute Gasteiger partial charge is 0.389 e. The van der Waals surface area contributed by atoms with E-state index in [-0.39, 0.29) is 44.6 Å². The Hall–Kier alpha value is -1.27. The van der Waals surface area contributed by atoms with Gasteiger partial charge in [0.2, 0.25) is 5.91 Å². The van der Waals surface area contributed by atoms with Crippen LogP contribution in [0.15, 0.2) is 0 Å². The third-order valence-electron chi connectivity index (χ3n) is 2.00. The SMILES string of the molecule is O=C(O)CCCC(=O)NCCCCC(F)(F)F. The first-order valence-corrected chi connectivity index (χ1v) is 5.36. The number of carbonyl (C=O) groups excluding carboxylic acids is 1. The van der Waals surface area contributed by atoms with E-state index in [1.54, 1.807) is 0 Å². The highest BCUT2D eigenvalue weighted by molar-refractivity contribution is 5.76. The van der Waals surface area contributed by atoms with Crippen LogP contribution in [0.25, 0.3) is 0 Å². The van der Waals surface area contributed by atoms with E-state index in [0.717, 1.165) is 0 Å². The lowest BCUT2D eigenvalue weighted by atomic mass is 10.2. The van der Waals surface area contributed by atoms with Gasteiger partial charge in [-0.05, 0) is 19.3 Å². The van der Waals surface area contributed by atoms with Crippen LogP contribution in [0.3, 0.4) is 0 Å². The van der Waals surface area contributed by atoms with Gasteiger partial charge in [0.15, 0.2) is 0 Å². The van der Waals surface area contributed by atoms with Gasteiger partial charge in [-0.1, -0.05) is 0 Å². The van der Waals surface area contributed by atoms with E-state index >= 15 is 0 Å². The first kappa shape index (κ1) is 15.7. The molecule has 0 heterocycles. The lowest BCUT2D eigenvalue weighted by Crippen LogP contribution is -2.24. The van der Waals surface area contributed by atoms with Gasteiger partial charge < -0.3 is 10.4 Å². The molecule has 1 amide bonds. The van der Waals surface area contributed by atoms with Crippen molar-refractivity contribution in [1.82, 2.24) is 5.32 Å². The average Bonchev–Trinajstić information content (AvgIpc) is 2.14. The van der Waals surface area contributed by atoms with E-state index in [1.165, 1.54) is 0 Å². The molecule has 7 heteroatoms. The zero-order valence-corrected chi connectivity index (χ0v) is 9.35. The fourth-order valence-electron chi connectivity index (χ4n) is 1.17. The van der Waals surface area contributed by atoms with Crippen molar-refractivity contribution >= 4 is 11.9 Å². The van der Waals surface area contributed by atoms with E-state index in [4.69, 9.17) is 5.11 Å². The summed E-state index contributed by atoms with van der Waals surface area (Å²) in [7, 11) is 0. The molecule has 0 aromatic carbocycles. The molecule has 0 spiro atoms. The van der Waals surface area contributed by atoms with Crippen LogP contribution in [-0.4, -0.2) is 29.7 Å². The van der Waals surface area contributed by atoms with Crippen LogP contribution in [0.5, 0.6) is 0 Å². The molecule has 0 atom stereocenters. The maximum Gasteiger partial charge on any atom is 0.389 e. The normalized spacial score (nSPS) is 11.2. The number of hydrogen-bond acceptors (Lipinski definition) is 2. The quantitative estimate of drug-likeness (QED) is 0.653. The molecule has 0 unspecified atom stereocenters. The number of rotatable bonds is 8. The number of halogens is 3. The van der Waals surface area contributed by atoms with Crippen LogP contribution in [-0.2, 0) is 9.59 Å². The molecule has 17 heavy (non-hydrogen) atoms. The zero-order valence-electron chi connectivity index (χ0n) is 9.35. The Balaban J connectivity index is 3.37. The summed E-state index contributed by atoms with van der Waals surface area (Å²) >= 11 is 0. The molecule has 0 radical (unpaired) electrons. The summed E-state index contributed by atoms with van der Waals surface area (Å²) in [6.07, 6.45) is -4.49. The summed E-state index contributed by atoms with van der Waals surface area (Å²) in [4.78, 5) is 21.2. The van der Waals surface area contributed by atoms with Crippen molar-refractivity contribution in [2.45, 2.75) is 44.7 Å².